The van der Waals surface area contributed by atoms with Gasteiger partial charge in [-0.3, -0.25) is 4.98 Å². The molecule has 0 radical (unpaired) electrons. The highest BCUT2D eigenvalue weighted by Gasteiger charge is 2.23. The molecular weight excluding hydrogens is 298 g/mol. The maximum absolute atomic E-state index is 4.81. The summed E-state index contributed by atoms with van der Waals surface area (Å²) in [5, 5.41) is 3.30. The second kappa shape index (κ2) is 7.71. The van der Waals surface area contributed by atoms with Gasteiger partial charge in [-0.15, -0.1) is 0 Å². The van der Waals surface area contributed by atoms with Gasteiger partial charge in [-0.25, -0.2) is 9.97 Å². The molecule has 1 aliphatic heterocycles. The van der Waals surface area contributed by atoms with Gasteiger partial charge in [-0.2, -0.15) is 0 Å². The third kappa shape index (κ3) is 4.29. The van der Waals surface area contributed by atoms with Crippen molar-refractivity contribution in [2.45, 2.75) is 39.5 Å². The summed E-state index contributed by atoms with van der Waals surface area (Å²) in [7, 11) is 0. The van der Waals surface area contributed by atoms with Crippen molar-refractivity contribution in [3.63, 3.8) is 0 Å². The van der Waals surface area contributed by atoms with Crippen LogP contribution in [0.2, 0.25) is 0 Å². The summed E-state index contributed by atoms with van der Waals surface area (Å²) >= 11 is 0. The molecule has 2 aromatic heterocycles. The topological polar surface area (TPSA) is 53.9 Å². The van der Waals surface area contributed by atoms with Gasteiger partial charge in [0.15, 0.2) is 0 Å². The van der Waals surface area contributed by atoms with E-state index in [2.05, 4.69) is 34.0 Å². The van der Waals surface area contributed by atoms with Crippen molar-refractivity contribution in [1.82, 2.24) is 19.9 Å². The summed E-state index contributed by atoms with van der Waals surface area (Å²) in [4.78, 5) is 16.1. The molecule has 128 valence electrons. The number of pyridine rings is 1. The predicted octanol–water partition coefficient (Wildman–Crippen LogP) is 3.76. The largest absolute Gasteiger partial charge is 0.323 e. The third-order valence-corrected chi connectivity index (χ3v) is 4.46. The van der Waals surface area contributed by atoms with Crippen molar-refractivity contribution in [1.29, 1.82) is 0 Å². The minimum Gasteiger partial charge on any atom is -0.323 e. The monoisotopic (exact) mass is 325 g/mol. The molecule has 0 aliphatic carbocycles. The summed E-state index contributed by atoms with van der Waals surface area (Å²) in [5.41, 5.74) is 2.19. The lowest BCUT2D eigenvalue weighted by Crippen LogP contribution is -2.37. The minimum atomic E-state index is 0.469. The molecular formula is C19H27N5. The standard InChI is InChI=1S/C19H27N5/c1-14(2)12-24-9-5-7-16(13-24)17-10-20-11-18(22-17)23-19-15(3)6-4-8-21-19/h4,6,8,10-11,14,16H,5,7,9,12-13H2,1-3H3,(H,21,22,23)/t16-/m1/s1. The lowest BCUT2D eigenvalue weighted by atomic mass is 9.94. The van der Waals surface area contributed by atoms with E-state index < -0.39 is 0 Å². The van der Waals surface area contributed by atoms with Crippen molar-refractivity contribution >= 4 is 11.6 Å². The first-order valence-corrected chi connectivity index (χ1v) is 8.84. The van der Waals surface area contributed by atoms with Crippen LogP contribution in [0.4, 0.5) is 11.6 Å². The van der Waals surface area contributed by atoms with E-state index in [0.29, 0.717) is 11.8 Å². The summed E-state index contributed by atoms with van der Waals surface area (Å²) in [5.74, 6) is 2.79. The second-order valence-corrected chi connectivity index (χ2v) is 7.12. The Labute approximate surface area is 144 Å². The molecule has 24 heavy (non-hydrogen) atoms. The maximum atomic E-state index is 4.81. The second-order valence-electron chi connectivity index (χ2n) is 7.12. The van der Waals surface area contributed by atoms with Crippen LogP contribution < -0.4 is 5.32 Å². The lowest BCUT2D eigenvalue weighted by Gasteiger charge is -2.33. The van der Waals surface area contributed by atoms with Gasteiger partial charge in [0.2, 0.25) is 0 Å². The van der Waals surface area contributed by atoms with Gasteiger partial charge in [-0.05, 0) is 43.9 Å². The molecule has 0 aromatic carbocycles. The molecule has 2 aromatic rings. The number of nitrogens with one attached hydrogen (secondary N) is 1. The summed E-state index contributed by atoms with van der Waals surface area (Å²) in [6.07, 6.45) is 7.90. The van der Waals surface area contributed by atoms with Crippen molar-refractivity contribution < 1.29 is 0 Å². The molecule has 1 saturated heterocycles. The Morgan fingerprint density at radius 3 is 3.00 bits per heavy atom. The van der Waals surface area contributed by atoms with Crippen LogP contribution >= 0.6 is 0 Å². The van der Waals surface area contributed by atoms with Crippen LogP contribution in [0, 0.1) is 12.8 Å². The van der Waals surface area contributed by atoms with E-state index in [9.17, 15) is 0 Å². The predicted molar refractivity (Wildman–Crippen MR) is 97.5 cm³/mol. The van der Waals surface area contributed by atoms with Gasteiger partial charge < -0.3 is 10.2 Å². The molecule has 3 heterocycles. The zero-order valence-electron chi connectivity index (χ0n) is 14.9. The number of likely N-dealkylation sites (tertiary alicyclic amines) is 1. The number of hydrogen-bond donors (Lipinski definition) is 1. The van der Waals surface area contributed by atoms with E-state index >= 15 is 0 Å². The number of hydrogen-bond acceptors (Lipinski definition) is 5. The van der Waals surface area contributed by atoms with Gasteiger partial charge in [0, 0.05) is 31.4 Å². The van der Waals surface area contributed by atoms with Gasteiger partial charge in [0.25, 0.3) is 0 Å². The van der Waals surface area contributed by atoms with Crippen LogP contribution in [0.5, 0.6) is 0 Å². The number of piperidine rings is 1. The summed E-state index contributed by atoms with van der Waals surface area (Å²) in [6.45, 7) is 10.0. The normalized spacial score (nSPS) is 18.8. The fraction of sp³-hybridized carbons (Fsp3) is 0.526. The van der Waals surface area contributed by atoms with Gasteiger partial charge in [-0.1, -0.05) is 19.9 Å². The molecule has 1 aliphatic rings. The smallest absolute Gasteiger partial charge is 0.150 e. The number of aryl methyl sites for hydroxylation is 1. The Bertz CT molecular complexity index is 670. The Morgan fingerprint density at radius 1 is 1.33 bits per heavy atom. The molecule has 0 saturated carbocycles. The van der Waals surface area contributed by atoms with E-state index in [0.717, 1.165) is 36.0 Å². The zero-order chi connectivity index (χ0) is 16.9. The molecule has 1 fully saturated rings. The highest BCUT2D eigenvalue weighted by molar-refractivity contribution is 5.54. The fourth-order valence-electron chi connectivity index (χ4n) is 3.36. The highest BCUT2D eigenvalue weighted by atomic mass is 15.1. The van der Waals surface area contributed by atoms with Crippen LogP contribution in [0.3, 0.4) is 0 Å². The molecule has 3 rings (SSSR count). The van der Waals surface area contributed by atoms with E-state index in [1.54, 1.807) is 12.4 Å². The van der Waals surface area contributed by atoms with Crippen LogP contribution in [0.1, 0.15) is 43.9 Å². The first-order chi connectivity index (χ1) is 11.6. The molecule has 5 nitrogen and oxygen atoms in total. The summed E-state index contributed by atoms with van der Waals surface area (Å²) in [6, 6.07) is 3.98. The van der Waals surface area contributed by atoms with Crippen molar-refractivity contribution in [3.05, 3.63) is 42.0 Å². The molecule has 0 spiro atoms. The van der Waals surface area contributed by atoms with Crippen LogP contribution in [-0.4, -0.2) is 39.5 Å². The van der Waals surface area contributed by atoms with Crippen LogP contribution in [-0.2, 0) is 0 Å². The summed E-state index contributed by atoms with van der Waals surface area (Å²) < 4.78 is 0. The van der Waals surface area contributed by atoms with Gasteiger partial charge in [0.1, 0.15) is 11.6 Å². The Kier molecular flexibility index (Phi) is 5.41. The van der Waals surface area contributed by atoms with Crippen LogP contribution in [0.15, 0.2) is 30.7 Å². The average Bonchev–Trinajstić information content (AvgIpc) is 2.57. The quantitative estimate of drug-likeness (QED) is 0.907. The van der Waals surface area contributed by atoms with Gasteiger partial charge >= 0.3 is 0 Å². The van der Waals surface area contributed by atoms with Crippen LogP contribution in [0.25, 0.3) is 0 Å². The first-order valence-electron chi connectivity index (χ1n) is 8.84. The number of aromatic nitrogens is 3. The van der Waals surface area contributed by atoms with E-state index in [-0.39, 0.29) is 0 Å². The molecule has 0 unspecified atom stereocenters. The first kappa shape index (κ1) is 16.8. The number of rotatable bonds is 5. The van der Waals surface area contributed by atoms with Crippen molar-refractivity contribution in [2.24, 2.45) is 5.92 Å². The lowest BCUT2D eigenvalue weighted by molar-refractivity contribution is 0.186. The average molecular weight is 325 g/mol. The molecule has 1 N–H and O–H groups in total. The molecule has 1 atom stereocenters. The van der Waals surface area contributed by atoms with E-state index in [4.69, 9.17) is 4.98 Å². The molecule has 0 amide bonds. The Hall–Kier alpha value is -2.01. The van der Waals surface area contributed by atoms with E-state index in [1.165, 1.54) is 19.4 Å². The maximum Gasteiger partial charge on any atom is 0.150 e. The van der Waals surface area contributed by atoms with Gasteiger partial charge in [0.05, 0.1) is 11.9 Å². The van der Waals surface area contributed by atoms with E-state index in [1.807, 2.05) is 25.3 Å². The SMILES string of the molecule is Cc1cccnc1Nc1cncc([C@@H]2CCCN(CC(C)C)C2)n1. The molecule has 5 heteroatoms. The minimum absolute atomic E-state index is 0.469. The highest BCUT2D eigenvalue weighted by Crippen LogP contribution is 2.27. The zero-order valence-corrected chi connectivity index (χ0v) is 14.9. The number of nitrogens with zero attached hydrogens (tertiary/aromatic N) is 4. The van der Waals surface area contributed by atoms with Crippen molar-refractivity contribution in [2.75, 3.05) is 25.0 Å². The third-order valence-electron chi connectivity index (χ3n) is 4.46. The Morgan fingerprint density at radius 2 is 2.21 bits per heavy atom. The fourth-order valence-corrected chi connectivity index (χ4v) is 3.36. The molecule has 0 bridgehead atoms. The number of anilines is 2. The van der Waals surface area contributed by atoms with Crippen molar-refractivity contribution in [3.8, 4) is 0 Å². The Balaban J connectivity index is 1.72.